The molecule has 0 amide bonds. The van der Waals surface area contributed by atoms with Crippen LogP contribution in [0.25, 0.3) is 16.7 Å². The van der Waals surface area contributed by atoms with Crippen LogP contribution >= 0.6 is 0 Å². The Kier molecular flexibility index (Phi) is 6.64. The van der Waals surface area contributed by atoms with Crippen LogP contribution < -0.4 is 4.74 Å². The minimum atomic E-state index is -0.203. The summed E-state index contributed by atoms with van der Waals surface area (Å²) in [4.78, 5) is 17.9. The minimum Gasteiger partial charge on any atom is -0.497 e. The molecular formula is C29H28N2O3. The van der Waals surface area contributed by atoms with Crippen molar-refractivity contribution in [2.75, 3.05) is 7.11 Å². The summed E-state index contributed by atoms with van der Waals surface area (Å²) in [6.07, 6.45) is 5.01. The van der Waals surface area contributed by atoms with E-state index in [2.05, 4.69) is 47.3 Å². The number of ketones is 1. The lowest BCUT2D eigenvalue weighted by Gasteiger charge is -2.12. The van der Waals surface area contributed by atoms with Gasteiger partial charge in [0, 0.05) is 41.1 Å². The summed E-state index contributed by atoms with van der Waals surface area (Å²) in [7, 11) is 1.62. The smallest absolute Gasteiger partial charge is 0.230 e. The van der Waals surface area contributed by atoms with Crippen LogP contribution in [0.4, 0.5) is 0 Å². The average molecular weight is 453 g/mol. The summed E-state index contributed by atoms with van der Waals surface area (Å²) in [5, 5.41) is 0.823. The number of carbonyl (C=O) groups excluding carboxylic acids is 1. The van der Waals surface area contributed by atoms with Gasteiger partial charge in [-0.15, -0.1) is 0 Å². The maximum absolute atomic E-state index is 13.8. The molecule has 2 heterocycles. The molecule has 0 spiro atoms. The molecule has 0 saturated heterocycles. The first kappa shape index (κ1) is 23.1. The lowest BCUT2D eigenvalue weighted by atomic mass is 10.0. The van der Waals surface area contributed by atoms with Gasteiger partial charge in [0.05, 0.1) is 12.7 Å². The first-order valence-electron chi connectivity index (χ1n) is 11.1. The number of hydrogen-bond acceptors (Lipinski definition) is 4. The number of fused-ring (bicyclic) bond motifs is 1. The molecule has 0 saturated carbocycles. The number of carbonyl (C=O) groups is 1. The van der Waals surface area contributed by atoms with Gasteiger partial charge in [-0.1, -0.05) is 36.4 Å². The molecule has 5 nitrogen and oxygen atoms in total. The van der Waals surface area contributed by atoms with Crippen LogP contribution in [0, 0.1) is 13.8 Å². The fourth-order valence-electron chi connectivity index (χ4n) is 4.03. The molecule has 0 unspecified atom stereocenters. The highest BCUT2D eigenvalue weighted by atomic mass is 16.5. The zero-order valence-electron chi connectivity index (χ0n) is 20.0. The summed E-state index contributed by atoms with van der Waals surface area (Å²) < 4.78 is 13.6. The van der Waals surface area contributed by atoms with E-state index in [1.807, 2.05) is 31.2 Å². The van der Waals surface area contributed by atoms with E-state index < -0.39 is 0 Å². The molecular weight excluding hydrogens is 424 g/mol. The van der Waals surface area contributed by atoms with Gasteiger partial charge in [-0.3, -0.25) is 9.78 Å². The zero-order valence-corrected chi connectivity index (χ0v) is 20.0. The van der Waals surface area contributed by atoms with Gasteiger partial charge >= 0.3 is 0 Å². The summed E-state index contributed by atoms with van der Waals surface area (Å²) in [6, 6.07) is 17.9. The van der Waals surface area contributed by atoms with E-state index in [0.29, 0.717) is 23.6 Å². The van der Waals surface area contributed by atoms with Gasteiger partial charge in [0.15, 0.2) is 5.76 Å². The van der Waals surface area contributed by atoms with E-state index in [0.717, 1.165) is 27.7 Å². The number of pyridine rings is 1. The third kappa shape index (κ3) is 4.50. The van der Waals surface area contributed by atoms with Crippen LogP contribution in [-0.2, 0) is 11.3 Å². The Morgan fingerprint density at radius 2 is 1.88 bits per heavy atom. The number of hydrogen-bond donors (Lipinski definition) is 0. The van der Waals surface area contributed by atoms with Crippen molar-refractivity contribution in [3.05, 3.63) is 113 Å². The Hall–Kier alpha value is -4.12. The Balaban J connectivity index is 1.77. The molecule has 4 aromatic rings. The van der Waals surface area contributed by atoms with Gasteiger partial charge in [-0.05, 0) is 62.7 Å². The van der Waals surface area contributed by atoms with Gasteiger partial charge < -0.3 is 14.0 Å². The minimum absolute atomic E-state index is 0.203. The molecule has 0 N–H and O–H groups in total. The summed E-state index contributed by atoms with van der Waals surface area (Å²) in [5.74, 6) is 1.07. The molecule has 0 aliphatic heterocycles. The lowest BCUT2D eigenvalue weighted by molar-refractivity contribution is 0.0977. The second-order valence-corrected chi connectivity index (χ2v) is 8.16. The fraction of sp³-hybridized carbons (Fsp3) is 0.172. The average Bonchev–Trinajstić information content (AvgIpc) is 3.14. The van der Waals surface area contributed by atoms with Gasteiger partial charge in [-0.2, -0.15) is 0 Å². The van der Waals surface area contributed by atoms with Crippen molar-refractivity contribution in [3.63, 3.8) is 0 Å². The van der Waals surface area contributed by atoms with Crippen molar-refractivity contribution in [2.45, 2.75) is 27.3 Å². The maximum atomic E-state index is 13.8. The molecule has 4 rings (SSSR count). The Morgan fingerprint density at radius 1 is 1.12 bits per heavy atom. The summed E-state index contributed by atoms with van der Waals surface area (Å²) in [6.45, 7) is 10.5. The number of allylic oxidation sites excluding steroid dienone is 2. The number of methoxy groups -OCH3 is 1. The van der Waals surface area contributed by atoms with E-state index in [4.69, 9.17) is 9.47 Å². The van der Waals surface area contributed by atoms with Gasteiger partial charge in [0.2, 0.25) is 5.78 Å². The Morgan fingerprint density at radius 3 is 2.53 bits per heavy atom. The number of benzene rings is 2. The summed E-state index contributed by atoms with van der Waals surface area (Å²) in [5.41, 5.74) is 5.51. The SMILES string of the molecule is C=C(O/C(=C\C)C(=O)c1c(C)n(Cc2ccc(C)cc2)c2ccc(OC)cc12)c1cccnc1. The third-order valence-electron chi connectivity index (χ3n) is 5.92. The molecule has 172 valence electrons. The Labute approximate surface area is 200 Å². The number of nitrogens with zero attached hydrogens (tertiary/aromatic N) is 2. The lowest BCUT2D eigenvalue weighted by Crippen LogP contribution is -2.09. The van der Waals surface area contributed by atoms with Crippen molar-refractivity contribution in [2.24, 2.45) is 0 Å². The van der Waals surface area contributed by atoms with Gasteiger partial charge in [0.25, 0.3) is 0 Å². The van der Waals surface area contributed by atoms with Crippen LogP contribution in [0.1, 0.15) is 39.7 Å². The second-order valence-electron chi connectivity index (χ2n) is 8.16. The predicted molar refractivity (Wildman–Crippen MR) is 136 cm³/mol. The van der Waals surface area contributed by atoms with E-state index in [1.54, 1.807) is 38.6 Å². The molecule has 0 radical (unpaired) electrons. The Bertz CT molecular complexity index is 1380. The highest BCUT2D eigenvalue weighted by Crippen LogP contribution is 2.33. The van der Waals surface area contributed by atoms with Crippen LogP contribution in [0.2, 0.25) is 0 Å². The number of Topliss-reactive ketones (excluding diaryl/α,β-unsaturated/α-hetero) is 1. The molecule has 0 aliphatic carbocycles. The van der Waals surface area contributed by atoms with Crippen LogP contribution in [-0.4, -0.2) is 22.4 Å². The molecule has 0 fully saturated rings. The first-order valence-corrected chi connectivity index (χ1v) is 11.1. The van der Waals surface area contributed by atoms with Crippen molar-refractivity contribution in [1.82, 2.24) is 9.55 Å². The van der Waals surface area contributed by atoms with E-state index in [1.165, 1.54) is 5.56 Å². The predicted octanol–water partition coefficient (Wildman–Crippen LogP) is 6.48. The number of rotatable bonds is 8. The molecule has 2 aromatic heterocycles. The molecule has 0 atom stereocenters. The molecule has 34 heavy (non-hydrogen) atoms. The molecule has 2 aromatic carbocycles. The standard InChI is InChI=1S/C29H28N2O3/c1-6-27(34-21(4)23-8-7-15-30-17-23)29(32)28-20(3)31(18-22-11-9-19(2)10-12-22)26-14-13-24(33-5)16-25(26)28/h6-17H,4,18H2,1-3,5H3/b27-6-. The van der Waals surface area contributed by atoms with Crippen LogP contribution in [0.3, 0.4) is 0 Å². The molecule has 0 bridgehead atoms. The first-order chi connectivity index (χ1) is 16.4. The van der Waals surface area contributed by atoms with Crippen molar-refractivity contribution < 1.29 is 14.3 Å². The topological polar surface area (TPSA) is 53.4 Å². The second kappa shape index (κ2) is 9.79. The highest BCUT2D eigenvalue weighted by molar-refractivity contribution is 6.17. The molecule has 5 heteroatoms. The fourth-order valence-corrected chi connectivity index (χ4v) is 4.03. The van der Waals surface area contributed by atoms with Gasteiger partial charge in [-0.25, -0.2) is 0 Å². The maximum Gasteiger partial charge on any atom is 0.230 e. The zero-order chi connectivity index (χ0) is 24.2. The number of aryl methyl sites for hydroxylation is 1. The summed E-state index contributed by atoms with van der Waals surface area (Å²) >= 11 is 0. The number of ether oxygens (including phenoxy) is 2. The van der Waals surface area contributed by atoms with Crippen LogP contribution in [0.15, 0.2) is 85.4 Å². The number of aromatic nitrogens is 2. The van der Waals surface area contributed by atoms with Gasteiger partial charge in [0.1, 0.15) is 11.5 Å². The third-order valence-corrected chi connectivity index (χ3v) is 5.92. The van der Waals surface area contributed by atoms with E-state index in [-0.39, 0.29) is 11.5 Å². The van der Waals surface area contributed by atoms with E-state index in [9.17, 15) is 4.79 Å². The largest absolute Gasteiger partial charge is 0.497 e. The van der Waals surface area contributed by atoms with Crippen molar-refractivity contribution >= 4 is 22.4 Å². The molecule has 0 aliphatic rings. The monoisotopic (exact) mass is 452 g/mol. The van der Waals surface area contributed by atoms with Crippen molar-refractivity contribution in [1.29, 1.82) is 0 Å². The van der Waals surface area contributed by atoms with E-state index >= 15 is 0 Å². The van der Waals surface area contributed by atoms with Crippen molar-refractivity contribution in [3.8, 4) is 5.75 Å². The highest BCUT2D eigenvalue weighted by Gasteiger charge is 2.25. The quantitative estimate of drug-likeness (QED) is 0.174. The van der Waals surface area contributed by atoms with Crippen LogP contribution in [0.5, 0.6) is 5.75 Å². The normalized spacial score (nSPS) is 11.5.